The van der Waals surface area contributed by atoms with Gasteiger partial charge in [-0.1, -0.05) is 38.1 Å². The van der Waals surface area contributed by atoms with Gasteiger partial charge in [-0.2, -0.15) is 0 Å². The molecule has 168 valence electrons. The molecule has 3 rings (SSSR count). The third kappa shape index (κ3) is 5.70. The van der Waals surface area contributed by atoms with Gasteiger partial charge in [-0.15, -0.1) is 11.8 Å². The molecule has 1 atom stereocenters. The van der Waals surface area contributed by atoms with Gasteiger partial charge in [-0.25, -0.2) is 13.1 Å². The average Bonchev–Trinajstić information content (AvgIpc) is 2.78. The molecule has 1 amide bonds. The van der Waals surface area contributed by atoms with E-state index in [1.165, 1.54) is 23.4 Å². The van der Waals surface area contributed by atoms with Gasteiger partial charge in [0.1, 0.15) is 0 Å². The van der Waals surface area contributed by atoms with Gasteiger partial charge in [0.2, 0.25) is 10.0 Å². The molecule has 1 aliphatic heterocycles. The standard InChI is InChI=1S/C24H32N2O3S2/c1-5-19-6-8-20(9-7-19)18(3)25-31(28,29)21-10-11-23(30-4)22(16-21)24(27)26-14-12-17(2)13-15-26/h6-11,16-18,25H,5,12-15H2,1-4H3. The minimum atomic E-state index is -3.77. The summed E-state index contributed by atoms with van der Waals surface area (Å²) in [7, 11) is -3.77. The second-order valence-corrected chi connectivity index (χ2v) is 10.8. The molecule has 0 bridgehead atoms. The van der Waals surface area contributed by atoms with E-state index in [9.17, 15) is 13.2 Å². The Kier molecular flexibility index (Phi) is 7.83. The van der Waals surface area contributed by atoms with Crippen LogP contribution in [0.25, 0.3) is 0 Å². The Morgan fingerprint density at radius 3 is 2.39 bits per heavy atom. The first-order valence-corrected chi connectivity index (χ1v) is 13.5. The number of carbonyl (C=O) groups excluding carboxylic acids is 1. The largest absolute Gasteiger partial charge is 0.339 e. The van der Waals surface area contributed by atoms with Crippen LogP contribution >= 0.6 is 11.8 Å². The van der Waals surface area contributed by atoms with Crippen molar-refractivity contribution in [3.8, 4) is 0 Å². The van der Waals surface area contributed by atoms with Crippen molar-refractivity contribution in [1.82, 2.24) is 9.62 Å². The first-order valence-electron chi connectivity index (χ1n) is 10.8. The maximum absolute atomic E-state index is 13.2. The molecule has 1 aliphatic rings. The fraction of sp³-hybridized carbons (Fsp3) is 0.458. The molecule has 0 radical (unpaired) electrons. The minimum Gasteiger partial charge on any atom is -0.339 e. The van der Waals surface area contributed by atoms with E-state index in [1.54, 1.807) is 12.1 Å². The third-order valence-corrected chi connectivity index (χ3v) is 8.34. The lowest BCUT2D eigenvalue weighted by atomic mass is 9.98. The highest BCUT2D eigenvalue weighted by Crippen LogP contribution is 2.28. The Bertz CT molecular complexity index is 1010. The lowest BCUT2D eigenvalue weighted by Gasteiger charge is -2.31. The Morgan fingerprint density at radius 1 is 1.16 bits per heavy atom. The minimum absolute atomic E-state index is 0.0866. The van der Waals surface area contributed by atoms with E-state index in [4.69, 9.17) is 0 Å². The summed E-state index contributed by atoms with van der Waals surface area (Å²) in [6.07, 6.45) is 4.80. The number of sulfonamides is 1. The summed E-state index contributed by atoms with van der Waals surface area (Å²) in [5.41, 5.74) is 2.58. The molecule has 0 aliphatic carbocycles. The van der Waals surface area contributed by atoms with Crippen LogP contribution in [-0.4, -0.2) is 38.6 Å². The van der Waals surface area contributed by atoms with Gasteiger partial charge in [-0.05, 0) is 67.7 Å². The third-order valence-electron chi connectivity index (χ3n) is 6.00. The summed E-state index contributed by atoms with van der Waals surface area (Å²) in [5, 5.41) is 0. The van der Waals surface area contributed by atoms with Crippen LogP contribution in [0.2, 0.25) is 0 Å². The van der Waals surface area contributed by atoms with E-state index in [0.717, 1.165) is 29.7 Å². The molecule has 1 saturated heterocycles. The van der Waals surface area contributed by atoms with Crippen LogP contribution < -0.4 is 4.72 Å². The second kappa shape index (κ2) is 10.2. The van der Waals surface area contributed by atoms with Crippen LogP contribution in [-0.2, 0) is 16.4 Å². The van der Waals surface area contributed by atoms with Crippen molar-refractivity contribution < 1.29 is 13.2 Å². The number of amides is 1. The first kappa shape index (κ1) is 23.8. The van der Waals surface area contributed by atoms with Gasteiger partial charge in [0.15, 0.2) is 0 Å². The van der Waals surface area contributed by atoms with Crippen molar-refractivity contribution in [2.45, 2.75) is 55.9 Å². The fourth-order valence-electron chi connectivity index (χ4n) is 3.81. The highest BCUT2D eigenvalue weighted by atomic mass is 32.2. The van der Waals surface area contributed by atoms with Crippen molar-refractivity contribution in [1.29, 1.82) is 0 Å². The Balaban J connectivity index is 1.83. The topological polar surface area (TPSA) is 66.5 Å². The van der Waals surface area contributed by atoms with Crippen LogP contribution in [0.1, 0.15) is 61.1 Å². The van der Waals surface area contributed by atoms with Crippen molar-refractivity contribution in [2.24, 2.45) is 5.92 Å². The van der Waals surface area contributed by atoms with E-state index in [-0.39, 0.29) is 16.8 Å². The molecular formula is C24H32N2O3S2. The smallest absolute Gasteiger partial charge is 0.255 e. The zero-order valence-electron chi connectivity index (χ0n) is 18.7. The summed E-state index contributed by atoms with van der Waals surface area (Å²) in [6.45, 7) is 7.55. The maximum atomic E-state index is 13.2. The molecule has 1 fully saturated rings. The monoisotopic (exact) mass is 460 g/mol. The quantitative estimate of drug-likeness (QED) is 0.598. The molecule has 5 nitrogen and oxygen atoms in total. The average molecular weight is 461 g/mol. The van der Waals surface area contributed by atoms with Crippen LogP contribution in [0, 0.1) is 5.92 Å². The van der Waals surface area contributed by atoms with E-state index in [1.807, 2.05) is 42.3 Å². The van der Waals surface area contributed by atoms with E-state index < -0.39 is 10.0 Å². The molecule has 1 heterocycles. The number of benzene rings is 2. The summed E-state index contributed by atoms with van der Waals surface area (Å²) in [4.78, 5) is 15.9. The number of piperidine rings is 1. The SMILES string of the molecule is CCc1ccc(C(C)NS(=O)(=O)c2ccc(SC)c(C(=O)N3CCC(C)CC3)c2)cc1. The van der Waals surface area contributed by atoms with Crippen LogP contribution in [0.3, 0.4) is 0 Å². The molecule has 0 saturated carbocycles. The normalized spacial score (nSPS) is 16.3. The van der Waals surface area contributed by atoms with E-state index in [2.05, 4.69) is 18.6 Å². The molecule has 0 aromatic heterocycles. The molecule has 2 aromatic carbocycles. The zero-order chi connectivity index (χ0) is 22.6. The Hall–Kier alpha value is -1.83. The van der Waals surface area contributed by atoms with Crippen LogP contribution in [0.5, 0.6) is 0 Å². The maximum Gasteiger partial charge on any atom is 0.255 e. The zero-order valence-corrected chi connectivity index (χ0v) is 20.4. The number of nitrogens with zero attached hydrogens (tertiary/aromatic N) is 1. The van der Waals surface area contributed by atoms with Gasteiger partial charge in [-0.3, -0.25) is 4.79 Å². The number of thioether (sulfide) groups is 1. The van der Waals surface area contributed by atoms with Crippen molar-refractivity contribution >= 4 is 27.7 Å². The summed E-state index contributed by atoms with van der Waals surface area (Å²) < 4.78 is 28.9. The summed E-state index contributed by atoms with van der Waals surface area (Å²) in [6, 6.07) is 12.4. The van der Waals surface area contributed by atoms with Crippen molar-refractivity contribution in [3.05, 3.63) is 59.2 Å². The predicted molar refractivity (Wildman–Crippen MR) is 127 cm³/mol. The number of hydrogen-bond donors (Lipinski definition) is 1. The van der Waals surface area contributed by atoms with Crippen molar-refractivity contribution in [3.63, 3.8) is 0 Å². The number of rotatable bonds is 7. The van der Waals surface area contributed by atoms with Gasteiger partial charge in [0.25, 0.3) is 5.91 Å². The van der Waals surface area contributed by atoms with Crippen LogP contribution in [0.15, 0.2) is 52.3 Å². The highest BCUT2D eigenvalue weighted by Gasteiger charge is 2.26. The summed E-state index contributed by atoms with van der Waals surface area (Å²) >= 11 is 1.46. The van der Waals surface area contributed by atoms with E-state index >= 15 is 0 Å². The second-order valence-electron chi connectivity index (χ2n) is 8.27. The lowest BCUT2D eigenvalue weighted by Crippen LogP contribution is -2.38. The molecule has 1 N–H and O–H groups in total. The molecule has 0 spiro atoms. The van der Waals surface area contributed by atoms with Gasteiger partial charge in [0.05, 0.1) is 10.5 Å². The number of nitrogens with one attached hydrogen (secondary N) is 1. The molecule has 1 unspecified atom stereocenters. The number of carbonyl (C=O) groups is 1. The Labute approximate surface area is 190 Å². The molecule has 31 heavy (non-hydrogen) atoms. The van der Waals surface area contributed by atoms with Gasteiger partial charge < -0.3 is 4.90 Å². The predicted octanol–water partition coefficient (Wildman–Crippen LogP) is 4.88. The van der Waals surface area contributed by atoms with Gasteiger partial charge in [0, 0.05) is 24.0 Å². The number of likely N-dealkylation sites (tertiary alicyclic amines) is 1. The summed E-state index contributed by atoms with van der Waals surface area (Å²) in [5.74, 6) is 0.532. The molecule has 2 aromatic rings. The van der Waals surface area contributed by atoms with Crippen molar-refractivity contribution in [2.75, 3.05) is 19.3 Å². The van der Waals surface area contributed by atoms with E-state index in [0.29, 0.717) is 24.6 Å². The van der Waals surface area contributed by atoms with Gasteiger partial charge >= 0.3 is 0 Å². The lowest BCUT2D eigenvalue weighted by molar-refractivity contribution is 0.0693. The first-order chi connectivity index (χ1) is 14.7. The number of hydrogen-bond acceptors (Lipinski definition) is 4. The molecular weight excluding hydrogens is 428 g/mol. The number of aryl methyl sites for hydroxylation is 1. The molecule has 7 heteroatoms. The Morgan fingerprint density at radius 2 is 1.81 bits per heavy atom. The van der Waals surface area contributed by atoms with Crippen LogP contribution in [0.4, 0.5) is 0 Å². The highest BCUT2D eigenvalue weighted by molar-refractivity contribution is 7.98. The fourth-order valence-corrected chi connectivity index (χ4v) is 5.64.